The molecule has 0 spiro atoms. The summed E-state index contributed by atoms with van der Waals surface area (Å²) in [6, 6.07) is 2.61. The summed E-state index contributed by atoms with van der Waals surface area (Å²) in [5.74, 6) is -1.13. The minimum atomic E-state index is -0.768. The van der Waals surface area contributed by atoms with E-state index in [2.05, 4.69) is 15.3 Å². The first-order valence-corrected chi connectivity index (χ1v) is 9.87. The Hall–Kier alpha value is -2.61. The van der Waals surface area contributed by atoms with Gasteiger partial charge in [-0.05, 0) is 23.6 Å². The highest BCUT2D eigenvalue weighted by molar-refractivity contribution is 6.30. The molecule has 1 aromatic carbocycles. The molecule has 0 bridgehead atoms. The number of hydrogen-bond donors (Lipinski definition) is 2. The molecule has 2 N–H and O–H groups in total. The van der Waals surface area contributed by atoms with Gasteiger partial charge in [-0.1, -0.05) is 37.9 Å². The molecule has 3 atom stereocenters. The number of carbonyl (C=O) groups excluding carboxylic acids is 2. The first kappa shape index (κ1) is 21.1. The summed E-state index contributed by atoms with van der Waals surface area (Å²) in [5, 5.41) is 2.77. The van der Waals surface area contributed by atoms with Crippen molar-refractivity contribution in [3.63, 3.8) is 0 Å². The van der Waals surface area contributed by atoms with Crippen LogP contribution in [0.25, 0.3) is 0 Å². The van der Waals surface area contributed by atoms with Crippen molar-refractivity contribution in [2.24, 2.45) is 5.92 Å². The Morgan fingerprint density at radius 1 is 1.48 bits per heavy atom. The van der Waals surface area contributed by atoms with Crippen LogP contribution >= 0.6 is 11.6 Å². The maximum Gasteiger partial charge on any atom is 0.328 e. The molecule has 29 heavy (non-hydrogen) atoms. The van der Waals surface area contributed by atoms with E-state index in [1.807, 2.05) is 13.8 Å². The molecular weight excluding hydrogens is 399 g/mol. The van der Waals surface area contributed by atoms with Crippen molar-refractivity contribution in [3.8, 4) is 0 Å². The standard InChI is InChI=1S/C20H24ClFN4O3/c1-4-11(2)16(19(27)29-3)25-20(28)26-8-7-15-17(24-10-23-15)18(26)12-5-6-14(22)13(21)9-12/h5-6,9-11,16,18H,4,7-8H2,1-3H3,(H,23,24)(H,25,28). The van der Waals surface area contributed by atoms with Crippen LogP contribution in [0.1, 0.15) is 43.3 Å². The molecular formula is C20H24ClFN4O3. The largest absolute Gasteiger partial charge is 0.467 e. The number of benzene rings is 1. The summed E-state index contributed by atoms with van der Waals surface area (Å²) in [6.07, 6.45) is 2.85. The quantitative estimate of drug-likeness (QED) is 0.722. The van der Waals surface area contributed by atoms with Gasteiger partial charge in [0.15, 0.2) is 0 Å². The second-order valence-electron chi connectivity index (χ2n) is 7.12. The monoisotopic (exact) mass is 422 g/mol. The zero-order chi connectivity index (χ0) is 21.1. The first-order chi connectivity index (χ1) is 13.9. The Morgan fingerprint density at radius 2 is 2.24 bits per heavy atom. The van der Waals surface area contributed by atoms with Gasteiger partial charge in [-0.25, -0.2) is 19.0 Å². The molecule has 0 saturated heterocycles. The lowest BCUT2D eigenvalue weighted by Crippen LogP contribution is -2.53. The van der Waals surface area contributed by atoms with Gasteiger partial charge < -0.3 is 19.9 Å². The van der Waals surface area contributed by atoms with Crippen LogP contribution in [-0.2, 0) is 16.0 Å². The lowest BCUT2D eigenvalue weighted by Gasteiger charge is -2.36. The SMILES string of the molecule is CCC(C)C(NC(=O)N1CCc2[nH]cnc2C1c1ccc(F)c(Cl)c1)C(=O)OC. The average molecular weight is 423 g/mol. The van der Waals surface area contributed by atoms with Crippen molar-refractivity contribution in [1.82, 2.24) is 20.2 Å². The molecule has 7 nitrogen and oxygen atoms in total. The van der Waals surface area contributed by atoms with Crippen molar-refractivity contribution in [3.05, 3.63) is 52.3 Å². The number of H-pyrrole nitrogens is 1. The number of esters is 1. The summed E-state index contributed by atoms with van der Waals surface area (Å²) in [7, 11) is 1.30. The van der Waals surface area contributed by atoms with Crippen LogP contribution in [0, 0.1) is 11.7 Å². The molecule has 156 valence electrons. The summed E-state index contributed by atoms with van der Waals surface area (Å²) >= 11 is 5.98. The molecule has 2 aromatic rings. The zero-order valence-electron chi connectivity index (χ0n) is 16.5. The van der Waals surface area contributed by atoms with Gasteiger partial charge in [-0.3, -0.25) is 0 Å². The van der Waals surface area contributed by atoms with E-state index in [1.165, 1.54) is 19.2 Å². The van der Waals surface area contributed by atoms with Crippen LogP contribution in [-0.4, -0.2) is 46.6 Å². The van der Waals surface area contributed by atoms with E-state index >= 15 is 0 Å². The van der Waals surface area contributed by atoms with Crippen LogP contribution in [0.15, 0.2) is 24.5 Å². The first-order valence-electron chi connectivity index (χ1n) is 9.49. The number of nitrogens with one attached hydrogen (secondary N) is 2. The molecule has 0 fully saturated rings. The Morgan fingerprint density at radius 3 is 2.90 bits per heavy atom. The molecule has 1 aromatic heterocycles. The number of urea groups is 1. The fraction of sp³-hybridized carbons (Fsp3) is 0.450. The smallest absolute Gasteiger partial charge is 0.328 e. The summed E-state index contributed by atoms with van der Waals surface area (Å²) < 4.78 is 18.5. The molecule has 9 heteroatoms. The van der Waals surface area contributed by atoms with Crippen molar-refractivity contribution < 1.29 is 18.7 Å². The molecule has 1 aliphatic heterocycles. The third-order valence-electron chi connectivity index (χ3n) is 5.39. The zero-order valence-corrected chi connectivity index (χ0v) is 17.3. The minimum Gasteiger partial charge on any atom is -0.467 e. The topological polar surface area (TPSA) is 87.3 Å². The molecule has 3 unspecified atom stereocenters. The van der Waals surface area contributed by atoms with Gasteiger partial charge >= 0.3 is 12.0 Å². The Bertz CT molecular complexity index is 904. The highest BCUT2D eigenvalue weighted by Gasteiger charge is 2.37. The second-order valence-corrected chi connectivity index (χ2v) is 7.53. The highest BCUT2D eigenvalue weighted by Crippen LogP contribution is 2.35. The van der Waals surface area contributed by atoms with Crippen molar-refractivity contribution >= 4 is 23.6 Å². The average Bonchev–Trinajstić information content (AvgIpc) is 3.20. The number of aromatic nitrogens is 2. The number of aromatic amines is 1. The molecule has 0 radical (unpaired) electrons. The lowest BCUT2D eigenvalue weighted by molar-refractivity contribution is -0.144. The van der Waals surface area contributed by atoms with Gasteiger partial charge in [0.1, 0.15) is 17.9 Å². The van der Waals surface area contributed by atoms with E-state index in [0.29, 0.717) is 30.6 Å². The maximum atomic E-state index is 13.7. The number of fused-ring (bicyclic) bond motifs is 1. The van der Waals surface area contributed by atoms with E-state index < -0.39 is 29.9 Å². The number of amides is 2. The van der Waals surface area contributed by atoms with E-state index in [9.17, 15) is 14.0 Å². The molecule has 2 heterocycles. The number of ether oxygens (including phenoxy) is 1. The highest BCUT2D eigenvalue weighted by atomic mass is 35.5. The fourth-order valence-corrected chi connectivity index (χ4v) is 3.72. The van der Waals surface area contributed by atoms with E-state index in [1.54, 1.807) is 17.3 Å². The number of hydrogen-bond acceptors (Lipinski definition) is 4. The number of methoxy groups -OCH3 is 1. The van der Waals surface area contributed by atoms with Gasteiger partial charge in [0.25, 0.3) is 0 Å². The Kier molecular flexibility index (Phi) is 6.42. The third kappa shape index (κ3) is 4.22. The number of nitrogens with zero attached hydrogens (tertiary/aromatic N) is 2. The maximum absolute atomic E-state index is 13.7. The predicted octanol–water partition coefficient (Wildman–Crippen LogP) is 3.45. The van der Waals surface area contributed by atoms with Crippen molar-refractivity contribution in [1.29, 1.82) is 0 Å². The van der Waals surface area contributed by atoms with Crippen LogP contribution in [0.2, 0.25) is 5.02 Å². The number of imidazole rings is 1. The minimum absolute atomic E-state index is 0.0300. The van der Waals surface area contributed by atoms with E-state index in [0.717, 1.165) is 5.69 Å². The lowest BCUT2D eigenvalue weighted by atomic mass is 9.95. The molecule has 2 amide bonds. The third-order valence-corrected chi connectivity index (χ3v) is 5.68. The molecule has 0 aliphatic carbocycles. The summed E-state index contributed by atoms with van der Waals surface area (Å²) in [6.45, 7) is 4.21. The van der Waals surface area contributed by atoms with Crippen molar-refractivity contribution in [2.75, 3.05) is 13.7 Å². The number of halogens is 2. The molecule has 0 saturated carbocycles. The van der Waals surface area contributed by atoms with E-state index in [-0.39, 0.29) is 10.9 Å². The van der Waals surface area contributed by atoms with Gasteiger partial charge in [-0.2, -0.15) is 0 Å². The normalized spacial score (nSPS) is 18.0. The molecule has 3 rings (SSSR count). The Balaban J connectivity index is 1.94. The van der Waals surface area contributed by atoms with Gasteiger partial charge in [-0.15, -0.1) is 0 Å². The van der Waals surface area contributed by atoms with Gasteiger partial charge in [0, 0.05) is 18.7 Å². The summed E-state index contributed by atoms with van der Waals surface area (Å²) in [5.41, 5.74) is 2.22. The van der Waals surface area contributed by atoms with Crippen molar-refractivity contribution in [2.45, 2.75) is 38.8 Å². The number of carbonyl (C=O) groups is 2. The van der Waals surface area contributed by atoms with Gasteiger partial charge in [0.2, 0.25) is 0 Å². The van der Waals surface area contributed by atoms with Gasteiger partial charge in [0.05, 0.1) is 24.2 Å². The second kappa shape index (κ2) is 8.82. The van der Waals surface area contributed by atoms with Crippen LogP contribution < -0.4 is 5.32 Å². The van der Waals surface area contributed by atoms with Crippen LogP contribution in [0.3, 0.4) is 0 Å². The fourth-order valence-electron chi connectivity index (χ4n) is 3.53. The predicted molar refractivity (Wildman–Crippen MR) is 106 cm³/mol. The number of rotatable bonds is 5. The van der Waals surface area contributed by atoms with E-state index in [4.69, 9.17) is 16.3 Å². The van der Waals surface area contributed by atoms with Crippen LogP contribution in [0.5, 0.6) is 0 Å². The summed E-state index contributed by atoms with van der Waals surface area (Å²) in [4.78, 5) is 34.4. The van der Waals surface area contributed by atoms with Crippen LogP contribution in [0.4, 0.5) is 9.18 Å². The molecule has 1 aliphatic rings. The Labute approximate surface area is 173 Å².